The highest BCUT2D eigenvalue weighted by Crippen LogP contribution is 2.52. The fourth-order valence-corrected chi connectivity index (χ4v) is 5.19. The number of rotatable bonds is 3. The average molecular weight is 416 g/mol. The molecule has 0 bridgehead atoms. The maximum Gasteiger partial charge on any atom is 0.399 e. The monoisotopic (exact) mass is 415 g/mol. The molecule has 2 atom stereocenters. The van der Waals surface area contributed by atoms with Crippen LogP contribution in [0.5, 0.6) is 0 Å². The van der Waals surface area contributed by atoms with Crippen LogP contribution in [0.4, 0.5) is 13.2 Å². The van der Waals surface area contributed by atoms with Crippen molar-refractivity contribution in [2.45, 2.75) is 50.1 Å². The van der Waals surface area contributed by atoms with Crippen molar-refractivity contribution < 1.29 is 13.2 Å². The Bertz CT molecular complexity index is 841. The molecule has 160 valence electrons. The highest BCUT2D eigenvalue weighted by atomic mass is 19.4. The number of halogens is 3. The third kappa shape index (κ3) is 3.71. The van der Waals surface area contributed by atoms with Crippen LogP contribution in [-0.4, -0.2) is 42.2 Å². The maximum atomic E-state index is 14.8. The highest BCUT2D eigenvalue weighted by molar-refractivity contribution is 5.50. The SMILES string of the molecule is N#CC1(c2ccccc2)C=CC(N2CCCCC2)=C(N2CCCCC2)C1C(F)(F)F. The molecule has 0 saturated carbocycles. The van der Waals surface area contributed by atoms with Crippen molar-refractivity contribution in [3.63, 3.8) is 0 Å². The Balaban J connectivity index is 1.91. The molecule has 2 unspecified atom stereocenters. The van der Waals surface area contributed by atoms with Gasteiger partial charge in [-0.05, 0) is 50.2 Å². The van der Waals surface area contributed by atoms with Crippen molar-refractivity contribution in [1.29, 1.82) is 5.26 Å². The summed E-state index contributed by atoms with van der Waals surface area (Å²) < 4.78 is 44.4. The van der Waals surface area contributed by atoms with Crippen LogP contribution < -0.4 is 0 Å². The van der Waals surface area contributed by atoms with E-state index in [4.69, 9.17) is 0 Å². The topological polar surface area (TPSA) is 30.3 Å². The third-order valence-electron chi connectivity index (χ3n) is 6.65. The number of nitrogens with zero attached hydrogens (tertiary/aromatic N) is 3. The summed E-state index contributed by atoms with van der Waals surface area (Å²) in [5.74, 6) is -1.88. The molecule has 0 radical (unpaired) electrons. The van der Waals surface area contributed by atoms with E-state index >= 15 is 0 Å². The fraction of sp³-hybridized carbons (Fsp3) is 0.542. The van der Waals surface area contributed by atoms with E-state index in [9.17, 15) is 18.4 Å². The van der Waals surface area contributed by atoms with Crippen molar-refractivity contribution in [3.8, 4) is 6.07 Å². The molecule has 3 aliphatic rings. The van der Waals surface area contributed by atoms with Crippen molar-refractivity contribution in [2.24, 2.45) is 5.92 Å². The minimum absolute atomic E-state index is 0.303. The van der Waals surface area contributed by atoms with Crippen LogP contribution in [0.3, 0.4) is 0 Å². The summed E-state index contributed by atoms with van der Waals surface area (Å²) in [5.41, 5.74) is -0.387. The van der Waals surface area contributed by atoms with Crippen LogP contribution >= 0.6 is 0 Å². The molecule has 0 N–H and O–H groups in total. The Labute approximate surface area is 176 Å². The van der Waals surface area contributed by atoms with Crippen LogP contribution in [0, 0.1) is 17.2 Å². The molecule has 6 heteroatoms. The van der Waals surface area contributed by atoms with Gasteiger partial charge < -0.3 is 9.80 Å². The predicted octanol–water partition coefficient (Wildman–Crippen LogP) is 5.38. The molecule has 4 rings (SSSR count). The Hall–Kier alpha value is -2.42. The van der Waals surface area contributed by atoms with Gasteiger partial charge in [0, 0.05) is 26.2 Å². The second-order valence-corrected chi connectivity index (χ2v) is 8.52. The number of piperidine rings is 2. The summed E-state index contributed by atoms with van der Waals surface area (Å²) in [5, 5.41) is 10.2. The third-order valence-corrected chi connectivity index (χ3v) is 6.65. The van der Waals surface area contributed by atoms with Gasteiger partial charge in [-0.25, -0.2) is 0 Å². The van der Waals surface area contributed by atoms with Crippen molar-refractivity contribution in [2.75, 3.05) is 26.2 Å². The molecule has 2 fully saturated rings. The lowest BCUT2D eigenvalue weighted by Gasteiger charge is -2.47. The predicted molar refractivity (Wildman–Crippen MR) is 110 cm³/mol. The molecule has 3 nitrogen and oxygen atoms in total. The zero-order valence-electron chi connectivity index (χ0n) is 17.2. The number of benzene rings is 1. The average Bonchev–Trinajstić information content (AvgIpc) is 2.79. The number of likely N-dealkylation sites (tertiary alicyclic amines) is 2. The van der Waals surface area contributed by atoms with Crippen molar-refractivity contribution in [3.05, 3.63) is 59.4 Å². The summed E-state index contributed by atoms with van der Waals surface area (Å²) in [7, 11) is 0. The van der Waals surface area contributed by atoms with Crippen LogP contribution in [0.15, 0.2) is 53.9 Å². The molecule has 1 aliphatic carbocycles. The molecule has 2 heterocycles. The van der Waals surface area contributed by atoms with Crippen molar-refractivity contribution >= 4 is 0 Å². The van der Waals surface area contributed by atoms with Gasteiger partial charge in [0.05, 0.1) is 17.5 Å². The second kappa shape index (κ2) is 8.37. The summed E-state index contributed by atoms with van der Waals surface area (Å²) in [6.45, 7) is 2.77. The molecule has 0 spiro atoms. The Morgan fingerprint density at radius 2 is 1.43 bits per heavy atom. The molecule has 1 aromatic carbocycles. The van der Waals surface area contributed by atoms with Crippen LogP contribution in [0.1, 0.15) is 44.1 Å². The van der Waals surface area contributed by atoms with Crippen LogP contribution in [-0.2, 0) is 5.41 Å². The standard InChI is InChI=1S/C24H28F3N3/c25-24(26,27)22-21(30-16-8-3-9-17-30)20(29-14-6-2-7-15-29)12-13-23(22,18-28)19-10-4-1-5-11-19/h1,4-5,10-13,22H,2-3,6-9,14-17H2. The van der Waals surface area contributed by atoms with E-state index in [1.54, 1.807) is 36.4 Å². The van der Waals surface area contributed by atoms with E-state index in [1.165, 1.54) is 6.08 Å². The molecular formula is C24H28F3N3. The summed E-state index contributed by atoms with van der Waals surface area (Å²) in [4.78, 5) is 4.03. The highest BCUT2D eigenvalue weighted by Gasteiger charge is 2.59. The zero-order valence-corrected chi connectivity index (χ0v) is 17.2. The number of allylic oxidation sites excluding steroid dienone is 3. The molecule has 2 saturated heterocycles. The van der Waals surface area contributed by atoms with Crippen LogP contribution in [0.25, 0.3) is 0 Å². The van der Waals surface area contributed by atoms with E-state index < -0.39 is 17.5 Å². The van der Waals surface area contributed by atoms with E-state index in [2.05, 4.69) is 11.0 Å². The number of alkyl halides is 3. The van der Waals surface area contributed by atoms with E-state index in [0.717, 1.165) is 51.6 Å². The van der Waals surface area contributed by atoms with E-state index in [0.29, 0.717) is 30.0 Å². The number of hydrogen-bond donors (Lipinski definition) is 0. The molecular weight excluding hydrogens is 387 g/mol. The summed E-state index contributed by atoms with van der Waals surface area (Å²) in [6.07, 6.45) is 4.67. The van der Waals surface area contributed by atoms with Gasteiger partial charge in [0.1, 0.15) is 11.3 Å². The van der Waals surface area contributed by atoms with Gasteiger partial charge in [-0.2, -0.15) is 18.4 Å². The van der Waals surface area contributed by atoms with Crippen LogP contribution in [0.2, 0.25) is 0 Å². The summed E-state index contributed by atoms with van der Waals surface area (Å²) in [6, 6.07) is 10.6. The lowest BCUT2D eigenvalue weighted by molar-refractivity contribution is -0.179. The van der Waals surface area contributed by atoms with Gasteiger partial charge in [0.25, 0.3) is 0 Å². The first kappa shape index (κ1) is 20.8. The van der Waals surface area contributed by atoms with Gasteiger partial charge >= 0.3 is 6.18 Å². The molecule has 2 aliphatic heterocycles. The normalized spacial score (nSPS) is 27.9. The number of hydrogen-bond acceptors (Lipinski definition) is 3. The molecule has 1 aromatic rings. The summed E-state index contributed by atoms with van der Waals surface area (Å²) >= 11 is 0. The Morgan fingerprint density at radius 1 is 0.867 bits per heavy atom. The minimum atomic E-state index is -4.54. The Morgan fingerprint density at radius 3 is 1.97 bits per heavy atom. The van der Waals surface area contributed by atoms with E-state index in [-0.39, 0.29) is 0 Å². The van der Waals surface area contributed by atoms with Gasteiger partial charge in [-0.3, -0.25) is 0 Å². The van der Waals surface area contributed by atoms with Gasteiger partial charge in [-0.15, -0.1) is 0 Å². The van der Waals surface area contributed by atoms with Crippen molar-refractivity contribution in [1.82, 2.24) is 9.80 Å². The lowest BCUT2D eigenvalue weighted by Crippen LogP contribution is -2.51. The first-order valence-corrected chi connectivity index (χ1v) is 10.9. The quantitative estimate of drug-likeness (QED) is 0.664. The molecule has 30 heavy (non-hydrogen) atoms. The first-order valence-electron chi connectivity index (χ1n) is 10.9. The second-order valence-electron chi connectivity index (χ2n) is 8.52. The largest absolute Gasteiger partial charge is 0.399 e. The minimum Gasteiger partial charge on any atom is -0.373 e. The smallest absolute Gasteiger partial charge is 0.373 e. The first-order chi connectivity index (χ1) is 14.5. The fourth-order valence-electron chi connectivity index (χ4n) is 5.19. The Kier molecular flexibility index (Phi) is 5.81. The number of nitriles is 1. The van der Waals surface area contributed by atoms with Gasteiger partial charge in [0.15, 0.2) is 0 Å². The lowest BCUT2D eigenvalue weighted by atomic mass is 9.66. The molecule has 0 aromatic heterocycles. The van der Waals surface area contributed by atoms with E-state index in [1.807, 2.05) is 4.90 Å². The zero-order chi connectivity index (χ0) is 21.2. The molecule has 0 amide bonds. The van der Waals surface area contributed by atoms with Gasteiger partial charge in [0.2, 0.25) is 0 Å². The maximum absolute atomic E-state index is 14.8. The van der Waals surface area contributed by atoms with Gasteiger partial charge in [-0.1, -0.05) is 36.4 Å².